The van der Waals surface area contributed by atoms with Gasteiger partial charge in [0.05, 0.1) is 13.2 Å². The second kappa shape index (κ2) is 5.95. The molecule has 0 heterocycles. The van der Waals surface area contributed by atoms with E-state index in [0.717, 1.165) is 26.9 Å². The van der Waals surface area contributed by atoms with E-state index >= 15 is 0 Å². The second-order valence-electron chi connectivity index (χ2n) is 4.37. The Labute approximate surface area is 126 Å². The van der Waals surface area contributed by atoms with Crippen molar-refractivity contribution >= 4 is 27.5 Å². The molecule has 2 aromatic rings. The van der Waals surface area contributed by atoms with Crippen LogP contribution in [0.15, 0.2) is 40.9 Å². The number of benzene rings is 2. The van der Waals surface area contributed by atoms with Crippen LogP contribution in [-0.2, 0) is 0 Å². The normalized spacial score (nSPS) is 12.3. The highest BCUT2D eigenvalue weighted by atomic mass is 79.9. The number of ether oxygens (including phenoxy) is 1. The number of rotatable bonds is 3. The minimum absolute atomic E-state index is 0.244. The zero-order valence-corrected chi connectivity index (χ0v) is 13.1. The quantitative estimate of drug-likeness (QED) is 0.895. The van der Waals surface area contributed by atoms with Gasteiger partial charge >= 0.3 is 0 Å². The highest BCUT2D eigenvalue weighted by Crippen LogP contribution is 2.31. The smallest absolute Gasteiger partial charge is 0.120 e. The summed E-state index contributed by atoms with van der Waals surface area (Å²) in [5, 5.41) is 0.620. The van der Waals surface area contributed by atoms with Crippen molar-refractivity contribution in [3.8, 4) is 5.75 Å². The Balaban J connectivity index is 2.41. The monoisotopic (exact) mass is 339 g/mol. The van der Waals surface area contributed by atoms with Crippen molar-refractivity contribution in [1.82, 2.24) is 0 Å². The van der Waals surface area contributed by atoms with Gasteiger partial charge in [-0.05, 0) is 47.9 Å². The molecule has 2 aromatic carbocycles. The van der Waals surface area contributed by atoms with E-state index in [-0.39, 0.29) is 6.04 Å². The van der Waals surface area contributed by atoms with Gasteiger partial charge in [0.15, 0.2) is 0 Å². The first-order valence-corrected chi connectivity index (χ1v) is 7.05. The minimum Gasteiger partial charge on any atom is -0.497 e. The average molecular weight is 341 g/mol. The Bertz CT molecular complexity index is 601. The fourth-order valence-corrected chi connectivity index (χ4v) is 2.81. The van der Waals surface area contributed by atoms with E-state index in [9.17, 15) is 0 Å². The molecule has 1 unspecified atom stereocenters. The molecule has 0 aliphatic rings. The molecule has 0 radical (unpaired) electrons. The zero-order valence-electron chi connectivity index (χ0n) is 10.8. The number of hydrogen-bond acceptors (Lipinski definition) is 2. The van der Waals surface area contributed by atoms with Crippen molar-refractivity contribution in [2.75, 3.05) is 7.11 Å². The molecule has 2 nitrogen and oxygen atoms in total. The van der Waals surface area contributed by atoms with Crippen LogP contribution in [0.5, 0.6) is 5.75 Å². The van der Waals surface area contributed by atoms with E-state index in [0.29, 0.717) is 5.02 Å². The predicted molar refractivity (Wildman–Crippen MR) is 82.9 cm³/mol. The summed E-state index contributed by atoms with van der Waals surface area (Å²) in [5.74, 6) is 0.730. The maximum absolute atomic E-state index is 6.32. The minimum atomic E-state index is -0.244. The second-order valence-corrected chi connectivity index (χ2v) is 5.69. The molecule has 0 saturated heterocycles. The lowest BCUT2D eigenvalue weighted by molar-refractivity contribution is 0.414. The molecule has 0 aliphatic carbocycles. The first-order chi connectivity index (χ1) is 9.02. The summed E-state index contributed by atoms with van der Waals surface area (Å²) in [5.41, 5.74) is 9.41. The van der Waals surface area contributed by atoms with E-state index in [1.165, 1.54) is 0 Å². The zero-order chi connectivity index (χ0) is 14.0. The van der Waals surface area contributed by atoms with Crippen LogP contribution in [0.4, 0.5) is 0 Å². The van der Waals surface area contributed by atoms with Crippen LogP contribution in [-0.4, -0.2) is 7.11 Å². The van der Waals surface area contributed by atoms with Crippen molar-refractivity contribution in [3.63, 3.8) is 0 Å². The number of hydrogen-bond donors (Lipinski definition) is 1. The maximum Gasteiger partial charge on any atom is 0.120 e. The van der Waals surface area contributed by atoms with Gasteiger partial charge in [-0.15, -0.1) is 0 Å². The topological polar surface area (TPSA) is 35.2 Å². The van der Waals surface area contributed by atoms with Gasteiger partial charge in [-0.1, -0.05) is 39.7 Å². The number of aryl methyl sites for hydroxylation is 1. The molecule has 0 spiro atoms. The summed E-state index contributed by atoms with van der Waals surface area (Å²) < 4.78 is 6.19. The van der Waals surface area contributed by atoms with Crippen molar-refractivity contribution in [3.05, 3.63) is 62.6 Å². The third kappa shape index (κ3) is 3.11. The van der Waals surface area contributed by atoms with Crippen molar-refractivity contribution in [2.24, 2.45) is 5.73 Å². The molecule has 2 rings (SSSR count). The van der Waals surface area contributed by atoms with Gasteiger partial charge in [-0.25, -0.2) is 0 Å². The third-order valence-electron chi connectivity index (χ3n) is 3.11. The Morgan fingerprint density at radius 3 is 2.42 bits per heavy atom. The largest absolute Gasteiger partial charge is 0.497 e. The molecular formula is C15H15BrClNO. The molecule has 0 saturated carbocycles. The summed E-state index contributed by atoms with van der Waals surface area (Å²) in [6.45, 7) is 2.04. The van der Waals surface area contributed by atoms with E-state index < -0.39 is 0 Å². The van der Waals surface area contributed by atoms with E-state index in [1.807, 2.05) is 37.3 Å². The van der Waals surface area contributed by atoms with E-state index in [2.05, 4.69) is 15.9 Å². The Hall–Kier alpha value is -1.03. The molecule has 0 bridgehead atoms. The maximum atomic E-state index is 6.32. The predicted octanol–water partition coefficient (Wildman–Crippen LogP) is 4.47. The van der Waals surface area contributed by atoms with Crippen LogP contribution in [0.2, 0.25) is 5.02 Å². The molecule has 0 amide bonds. The molecule has 0 aliphatic heterocycles. The number of methoxy groups -OCH3 is 1. The van der Waals surface area contributed by atoms with Gasteiger partial charge in [0.1, 0.15) is 5.75 Å². The van der Waals surface area contributed by atoms with Crippen LogP contribution in [0, 0.1) is 6.92 Å². The van der Waals surface area contributed by atoms with Gasteiger partial charge in [0.2, 0.25) is 0 Å². The molecule has 100 valence electrons. The van der Waals surface area contributed by atoms with Gasteiger partial charge in [0.25, 0.3) is 0 Å². The first-order valence-electron chi connectivity index (χ1n) is 5.88. The third-order valence-corrected chi connectivity index (χ3v) is 3.93. The van der Waals surface area contributed by atoms with Crippen LogP contribution in [0.25, 0.3) is 0 Å². The molecule has 0 fully saturated rings. The van der Waals surface area contributed by atoms with Crippen molar-refractivity contribution in [2.45, 2.75) is 13.0 Å². The SMILES string of the molecule is COc1ccc(C(N)c2ccc(Br)cc2C)c(Cl)c1. The van der Waals surface area contributed by atoms with E-state index in [1.54, 1.807) is 13.2 Å². The standard InChI is InChI=1S/C15H15BrClNO/c1-9-7-10(16)3-5-12(9)15(18)13-6-4-11(19-2)8-14(13)17/h3-8,15H,18H2,1-2H3. The Kier molecular flexibility index (Phi) is 4.50. The van der Waals surface area contributed by atoms with Crippen LogP contribution >= 0.6 is 27.5 Å². The number of nitrogens with two attached hydrogens (primary N) is 1. The molecule has 0 aromatic heterocycles. The summed E-state index contributed by atoms with van der Waals surface area (Å²) >= 11 is 9.72. The molecule has 2 N–H and O–H groups in total. The van der Waals surface area contributed by atoms with Gasteiger partial charge < -0.3 is 10.5 Å². The Morgan fingerprint density at radius 2 is 1.84 bits per heavy atom. The van der Waals surface area contributed by atoms with Gasteiger partial charge in [-0.3, -0.25) is 0 Å². The number of halogens is 2. The summed E-state index contributed by atoms with van der Waals surface area (Å²) in [6, 6.07) is 11.4. The lowest BCUT2D eigenvalue weighted by Gasteiger charge is -2.17. The molecular weight excluding hydrogens is 326 g/mol. The van der Waals surface area contributed by atoms with Crippen LogP contribution in [0.3, 0.4) is 0 Å². The average Bonchev–Trinajstić information content (AvgIpc) is 2.37. The lowest BCUT2D eigenvalue weighted by atomic mass is 9.96. The van der Waals surface area contributed by atoms with Crippen molar-refractivity contribution in [1.29, 1.82) is 0 Å². The summed E-state index contributed by atoms with van der Waals surface area (Å²) in [7, 11) is 1.62. The van der Waals surface area contributed by atoms with Crippen molar-refractivity contribution < 1.29 is 4.74 Å². The van der Waals surface area contributed by atoms with Crippen LogP contribution in [0.1, 0.15) is 22.7 Å². The fourth-order valence-electron chi connectivity index (χ4n) is 2.04. The molecule has 1 atom stereocenters. The van der Waals surface area contributed by atoms with Gasteiger partial charge in [0, 0.05) is 9.50 Å². The highest BCUT2D eigenvalue weighted by Gasteiger charge is 2.15. The van der Waals surface area contributed by atoms with Gasteiger partial charge in [-0.2, -0.15) is 0 Å². The van der Waals surface area contributed by atoms with E-state index in [4.69, 9.17) is 22.1 Å². The lowest BCUT2D eigenvalue weighted by Crippen LogP contribution is -2.13. The highest BCUT2D eigenvalue weighted by molar-refractivity contribution is 9.10. The Morgan fingerprint density at radius 1 is 1.16 bits per heavy atom. The van der Waals surface area contributed by atoms with Crippen LogP contribution < -0.4 is 10.5 Å². The molecule has 19 heavy (non-hydrogen) atoms. The summed E-state index contributed by atoms with van der Waals surface area (Å²) in [6.07, 6.45) is 0. The summed E-state index contributed by atoms with van der Waals surface area (Å²) in [4.78, 5) is 0. The first kappa shape index (κ1) is 14.4. The molecule has 4 heteroatoms. The fraction of sp³-hybridized carbons (Fsp3) is 0.200.